The van der Waals surface area contributed by atoms with Crippen molar-refractivity contribution in [3.63, 3.8) is 0 Å². The molecule has 2 bridgehead atoms. The Morgan fingerprint density at radius 2 is 1.64 bits per heavy atom. The molecule has 2 unspecified atom stereocenters. The zero-order valence-electron chi connectivity index (χ0n) is 22.1. The Morgan fingerprint density at radius 1 is 1.00 bits per heavy atom. The predicted molar refractivity (Wildman–Crippen MR) is 139 cm³/mol. The van der Waals surface area contributed by atoms with E-state index in [2.05, 4.69) is 22.3 Å². The maximum Gasteiger partial charge on any atom is 0.327 e. The van der Waals surface area contributed by atoms with Gasteiger partial charge >= 0.3 is 6.03 Å². The van der Waals surface area contributed by atoms with Crippen molar-refractivity contribution in [2.75, 3.05) is 13.6 Å². The molecule has 3 heterocycles. The van der Waals surface area contributed by atoms with Gasteiger partial charge in [-0.3, -0.25) is 19.4 Å². The van der Waals surface area contributed by atoms with Gasteiger partial charge in [0.25, 0.3) is 5.91 Å². The molecule has 1 N–H and O–H groups in total. The second-order valence-corrected chi connectivity index (χ2v) is 11.8. The summed E-state index contributed by atoms with van der Waals surface area (Å²) in [5, 5.41) is 3.40. The maximum atomic E-state index is 13.4. The minimum absolute atomic E-state index is 0.00480. The number of hydrogen-bond acceptors (Lipinski definition) is 4. The summed E-state index contributed by atoms with van der Waals surface area (Å²) >= 11 is 0. The van der Waals surface area contributed by atoms with E-state index in [1.165, 1.54) is 11.3 Å². The highest BCUT2D eigenvalue weighted by Crippen LogP contribution is 2.48. The topological polar surface area (TPSA) is 73.0 Å². The third-order valence-electron chi connectivity index (χ3n) is 9.26. The minimum atomic E-state index is -0.698. The molecule has 0 radical (unpaired) electrons. The van der Waals surface area contributed by atoms with E-state index in [1.807, 2.05) is 36.9 Å². The van der Waals surface area contributed by atoms with Gasteiger partial charge in [0.05, 0.1) is 6.04 Å². The summed E-state index contributed by atoms with van der Waals surface area (Å²) in [6.07, 6.45) is 9.93. The highest BCUT2D eigenvalue weighted by Gasteiger charge is 2.62. The van der Waals surface area contributed by atoms with Gasteiger partial charge in [0.2, 0.25) is 5.91 Å². The Kier molecular flexibility index (Phi) is 7.12. The molecule has 1 aliphatic carbocycles. The van der Waals surface area contributed by atoms with Gasteiger partial charge in [0.1, 0.15) is 5.54 Å². The molecular formula is C29H42N4O3. The highest BCUT2D eigenvalue weighted by molar-refractivity contribution is 6.07. The molecule has 7 nitrogen and oxygen atoms in total. The van der Waals surface area contributed by atoms with Crippen molar-refractivity contribution < 1.29 is 14.4 Å². The molecule has 1 aromatic rings. The average Bonchev–Trinajstić information content (AvgIpc) is 3.23. The molecule has 1 spiro atoms. The number of urea groups is 1. The van der Waals surface area contributed by atoms with E-state index in [0.29, 0.717) is 24.9 Å². The van der Waals surface area contributed by atoms with Gasteiger partial charge in [-0.2, -0.15) is 0 Å². The molecule has 3 atom stereocenters. The Balaban J connectivity index is 1.29. The third-order valence-corrected chi connectivity index (χ3v) is 9.26. The van der Waals surface area contributed by atoms with Crippen LogP contribution in [0, 0.1) is 5.92 Å². The molecule has 4 amide bonds. The van der Waals surface area contributed by atoms with Crippen LogP contribution in [-0.2, 0) is 9.59 Å². The smallest absolute Gasteiger partial charge is 0.327 e. The number of rotatable bonds is 7. The molecule has 3 aliphatic heterocycles. The van der Waals surface area contributed by atoms with Gasteiger partial charge in [0.15, 0.2) is 0 Å². The van der Waals surface area contributed by atoms with E-state index in [1.54, 1.807) is 7.05 Å². The summed E-state index contributed by atoms with van der Waals surface area (Å²) in [4.78, 5) is 45.2. The lowest BCUT2D eigenvalue weighted by Crippen LogP contribution is -2.61. The maximum absolute atomic E-state index is 13.4. The van der Waals surface area contributed by atoms with Gasteiger partial charge in [-0.05, 0) is 64.4 Å². The monoisotopic (exact) mass is 494 g/mol. The van der Waals surface area contributed by atoms with Crippen LogP contribution in [-0.4, -0.2) is 69.8 Å². The molecule has 4 fully saturated rings. The summed E-state index contributed by atoms with van der Waals surface area (Å²) in [5.41, 5.74) is 0.461. The summed E-state index contributed by atoms with van der Waals surface area (Å²) in [6.45, 7) is 4.91. The first-order valence-electron chi connectivity index (χ1n) is 14.0. The Morgan fingerprint density at radius 3 is 2.25 bits per heavy atom. The fraction of sp³-hybridized carbons (Fsp3) is 0.690. The number of likely N-dealkylation sites (N-methyl/N-ethyl adjacent to an activating group) is 1. The lowest BCUT2D eigenvalue weighted by Gasteiger charge is -2.48. The normalized spacial score (nSPS) is 30.0. The first-order chi connectivity index (χ1) is 17.3. The lowest BCUT2D eigenvalue weighted by molar-refractivity contribution is -0.137. The van der Waals surface area contributed by atoms with Crippen LogP contribution in [0.25, 0.3) is 0 Å². The summed E-state index contributed by atoms with van der Waals surface area (Å²) < 4.78 is 0. The van der Waals surface area contributed by atoms with Crippen molar-refractivity contribution in [1.29, 1.82) is 0 Å². The molecule has 1 aromatic carbocycles. The van der Waals surface area contributed by atoms with Gasteiger partial charge in [0, 0.05) is 37.6 Å². The summed E-state index contributed by atoms with van der Waals surface area (Å²) in [6, 6.07) is 10.8. The standard InChI is InChI=1S/C29H42N4O3/c1-20(2)33-28(36)31(3)27(35)29(33)18-23-14-15-24(19-29)32(23)17-16-25(21-10-6-4-7-11-21)30-26(34)22-12-8-5-9-13-22/h4,6-7,10-11,20,22-25H,5,8-9,12-19H2,1-3H3,(H,30,34)/t23?,24?,25-,29?/m0/s1. The van der Waals surface area contributed by atoms with Crippen LogP contribution < -0.4 is 5.32 Å². The first kappa shape index (κ1) is 25.2. The molecule has 36 heavy (non-hydrogen) atoms. The summed E-state index contributed by atoms with van der Waals surface area (Å²) in [5.74, 6) is 0.315. The highest BCUT2D eigenvalue weighted by atomic mass is 16.2. The number of benzene rings is 1. The molecule has 7 heteroatoms. The van der Waals surface area contributed by atoms with Gasteiger partial charge in [-0.15, -0.1) is 0 Å². The number of nitrogens with one attached hydrogen (secondary N) is 1. The van der Waals surface area contributed by atoms with Crippen molar-refractivity contribution in [1.82, 2.24) is 20.0 Å². The molecule has 196 valence electrons. The molecule has 5 rings (SSSR count). The second kappa shape index (κ2) is 10.2. The quantitative estimate of drug-likeness (QED) is 0.567. The first-order valence-corrected chi connectivity index (χ1v) is 14.0. The average molecular weight is 495 g/mol. The fourth-order valence-corrected chi connectivity index (χ4v) is 7.55. The molecule has 4 aliphatic rings. The number of fused-ring (bicyclic) bond motifs is 2. The number of piperidine rings is 1. The van der Waals surface area contributed by atoms with Crippen molar-refractivity contribution in [3.8, 4) is 0 Å². The third kappa shape index (κ3) is 4.44. The van der Waals surface area contributed by atoms with Crippen LogP contribution in [0.3, 0.4) is 0 Å². The van der Waals surface area contributed by atoms with Gasteiger partial charge < -0.3 is 10.2 Å². The zero-order valence-corrected chi connectivity index (χ0v) is 22.1. The largest absolute Gasteiger partial charge is 0.349 e. The van der Waals surface area contributed by atoms with E-state index in [4.69, 9.17) is 0 Å². The van der Waals surface area contributed by atoms with Crippen LogP contribution in [0.5, 0.6) is 0 Å². The van der Waals surface area contributed by atoms with Crippen LogP contribution in [0.1, 0.15) is 89.7 Å². The molecular weight excluding hydrogens is 452 g/mol. The van der Waals surface area contributed by atoms with E-state index < -0.39 is 5.54 Å². The minimum Gasteiger partial charge on any atom is -0.349 e. The van der Waals surface area contributed by atoms with E-state index in [0.717, 1.165) is 57.1 Å². The lowest BCUT2D eigenvalue weighted by atomic mass is 9.80. The van der Waals surface area contributed by atoms with Crippen molar-refractivity contribution >= 4 is 17.8 Å². The Labute approximate surface area is 215 Å². The summed E-state index contributed by atoms with van der Waals surface area (Å²) in [7, 11) is 1.63. The Bertz CT molecular complexity index is 960. The van der Waals surface area contributed by atoms with E-state index >= 15 is 0 Å². The SMILES string of the molecule is CC(C)N1C(=O)N(C)C(=O)C12CC1CCC(C2)N1CC[C@H](NC(=O)C1CCCCC1)c1ccccc1. The second-order valence-electron chi connectivity index (χ2n) is 11.8. The molecule has 3 saturated heterocycles. The van der Waals surface area contributed by atoms with Gasteiger partial charge in [-0.1, -0.05) is 49.6 Å². The fourth-order valence-electron chi connectivity index (χ4n) is 7.55. The van der Waals surface area contributed by atoms with E-state index in [-0.39, 0.29) is 35.8 Å². The number of carbonyl (C=O) groups excluding carboxylic acids is 3. The van der Waals surface area contributed by atoms with Crippen molar-refractivity contribution in [2.45, 2.75) is 108 Å². The predicted octanol–water partition coefficient (Wildman–Crippen LogP) is 4.48. The van der Waals surface area contributed by atoms with Crippen LogP contribution in [0.15, 0.2) is 30.3 Å². The molecule has 0 aromatic heterocycles. The van der Waals surface area contributed by atoms with Crippen molar-refractivity contribution in [3.05, 3.63) is 35.9 Å². The number of nitrogens with zero attached hydrogens (tertiary/aromatic N) is 3. The number of hydrogen-bond donors (Lipinski definition) is 1. The van der Waals surface area contributed by atoms with Crippen LogP contribution in [0.2, 0.25) is 0 Å². The van der Waals surface area contributed by atoms with Gasteiger partial charge in [-0.25, -0.2) is 4.79 Å². The number of carbonyl (C=O) groups is 3. The van der Waals surface area contributed by atoms with E-state index in [9.17, 15) is 14.4 Å². The van der Waals surface area contributed by atoms with Crippen molar-refractivity contribution in [2.24, 2.45) is 5.92 Å². The molecule has 1 saturated carbocycles. The van der Waals surface area contributed by atoms with Crippen LogP contribution >= 0.6 is 0 Å². The zero-order chi connectivity index (χ0) is 25.4. The number of amides is 4. The Hall–Kier alpha value is -2.41. The van der Waals surface area contributed by atoms with Crippen LogP contribution in [0.4, 0.5) is 4.79 Å². The number of imide groups is 1.